The van der Waals surface area contributed by atoms with Crippen molar-refractivity contribution in [2.24, 2.45) is 5.92 Å². The van der Waals surface area contributed by atoms with E-state index in [1.807, 2.05) is 0 Å². The zero-order valence-corrected chi connectivity index (χ0v) is 17.8. The summed E-state index contributed by atoms with van der Waals surface area (Å²) >= 11 is 7.32. The zero-order chi connectivity index (χ0) is 20.1. The van der Waals surface area contributed by atoms with Gasteiger partial charge in [-0.2, -0.15) is 0 Å². The number of halogens is 1. The number of methoxy groups -OCH3 is 1. The highest BCUT2D eigenvalue weighted by Crippen LogP contribution is 2.24. The maximum absolute atomic E-state index is 12.9. The van der Waals surface area contributed by atoms with Crippen molar-refractivity contribution in [3.63, 3.8) is 0 Å². The molecule has 28 heavy (non-hydrogen) atoms. The van der Waals surface area contributed by atoms with Crippen molar-refractivity contribution in [2.75, 3.05) is 19.5 Å². The van der Waals surface area contributed by atoms with Gasteiger partial charge in [-0.15, -0.1) is 0 Å². The van der Waals surface area contributed by atoms with Gasteiger partial charge in [-0.1, -0.05) is 30.3 Å². The van der Waals surface area contributed by atoms with Crippen LogP contribution in [0.3, 0.4) is 0 Å². The number of fused-ring (bicyclic) bond motifs is 1. The molecule has 2 aromatic rings. The highest BCUT2D eigenvalue weighted by molar-refractivity contribution is 7.99. The number of rotatable bonds is 7. The highest BCUT2D eigenvalue weighted by atomic mass is 35.5. The molecule has 8 heteroatoms. The van der Waals surface area contributed by atoms with E-state index in [-0.39, 0.29) is 23.3 Å². The number of nitrogens with zero attached hydrogens (tertiary/aromatic N) is 2. The molecule has 0 radical (unpaired) electrons. The van der Waals surface area contributed by atoms with Crippen molar-refractivity contribution in [1.29, 1.82) is 0 Å². The van der Waals surface area contributed by atoms with Crippen LogP contribution >= 0.6 is 23.4 Å². The molecule has 1 amide bonds. The van der Waals surface area contributed by atoms with Crippen LogP contribution in [0.5, 0.6) is 0 Å². The standard InChI is InChI=1S/C20H26ClN3O3S/c1-13-3-6-15(7-4-13)22-18(25)12-28-20-23-17-11-14(21)5-8-16(17)19(26)24(20)9-10-27-2/h5,8,11,13,15H,3-4,6-7,9-10,12H2,1-2H3,(H,22,25). The summed E-state index contributed by atoms with van der Waals surface area (Å²) in [4.78, 5) is 29.9. The molecular weight excluding hydrogens is 398 g/mol. The summed E-state index contributed by atoms with van der Waals surface area (Å²) in [5.41, 5.74) is 0.387. The Hall–Kier alpha value is -1.57. The van der Waals surface area contributed by atoms with E-state index in [1.54, 1.807) is 29.9 Å². The van der Waals surface area contributed by atoms with Gasteiger partial charge in [-0.05, 0) is 49.8 Å². The lowest BCUT2D eigenvalue weighted by Gasteiger charge is -2.26. The van der Waals surface area contributed by atoms with Gasteiger partial charge in [0.05, 0.1) is 29.8 Å². The molecule has 0 saturated heterocycles. The molecule has 1 heterocycles. The molecule has 1 aromatic heterocycles. The Bertz CT molecular complexity index is 894. The molecule has 1 aliphatic rings. The van der Waals surface area contributed by atoms with E-state index in [9.17, 15) is 9.59 Å². The lowest BCUT2D eigenvalue weighted by Crippen LogP contribution is -2.38. The molecule has 152 valence electrons. The van der Waals surface area contributed by atoms with E-state index in [0.717, 1.165) is 31.6 Å². The first-order valence-electron chi connectivity index (χ1n) is 9.59. The monoisotopic (exact) mass is 423 g/mol. The molecule has 0 bridgehead atoms. The number of carbonyl (C=O) groups is 1. The van der Waals surface area contributed by atoms with Gasteiger partial charge in [-0.25, -0.2) is 4.98 Å². The summed E-state index contributed by atoms with van der Waals surface area (Å²) in [6.45, 7) is 3.02. The fourth-order valence-corrected chi connectivity index (χ4v) is 4.47. The Balaban J connectivity index is 1.74. The van der Waals surface area contributed by atoms with E-state index in [1.165, 1.54) is 11.8 Å². The van der Waals surface area contributed by atoms with Crippen molar-refractivity contribution in [2.45, 2.75) is 50.4 Å². The molecule has 1 aliphatic carbocycles. The highest BCUT2D eigenvalue weighted by Gasteiger charge is 2.20. The predicted molar refractivity (Wildman–Crippen MR) is 113 cm³/mol. The molecule has 3 rings (SSSR count). The summed E-state index contributed by atoms with van der Waals surface area (Å²) < 4.78 is 6.69. The molecule has 0 aliphatic heterocycles. The number of thioether (sulfide) groups is 1. The zero-order valence-electron chi connectivity index (χ0n) is 16.2. The number of benzene rings is 1. The number of ether oxygens (including phenoxy) is 1. The van der Waals surface area contributed by atoms with Gasteiger partial charge in [0.15, 0.2) is 5.16 Å². The first-order chi connectivity index (χ1) is 13.5. The SMILES string of the molecule is COCCn1c(SCC(=O)NC2CCC(C)CC2)nc2cc(Cl)ccc2c1=O. The third-order valence-corrected chi connectivity index (χ3v) is 6.33. The minimum Gasteiger partial charge on any atom is -0.383 e. The molecule has 1 N–H and O–H groups in total. The molecular formula is C20H26ClN3O3S. The van der Waals surface area contributed by atoms with Crippen LogP contribution in [-0.2, 0) is 16.1 Å². The number of hydrogen-bond acceptors (Lipinski definition) is 5. The summed E-state index contributed by atoms with van der Waals surface area (Å²) in [6, 6.07) is 5.29. The van der Waals surface area contributed by atoms with Crippen LogP contribution in [-0.4, -0.2) is 41.0 Å². The number of carbonyl (C=O) groups excluding carboxylic acids is 1. The van der Waals surface area contributed by atoms with Gasteiger partial charge in [0.1, 0.15) is 0 Å². The number of hydrogen-bond donors (Lipinski definition) is 1. The van der Waals surface area contributed by atoms with Crippen molar-refractivity contribution in [3.8, 4) is 0 Å². The van der Waals surface area contributed by atoms with E-state index >= 15 is 0 Å². The Morgan fingerprint density at radius 3 is 2.82 bits per heavy atom. The van der Waals surface area contributed by atoms with Crippen LogP contribution in [0.2, 0.25) is 5.02 Å². The Labute approximate surface area is 174 Å². The number of nitrogens with one attached hydrogen (secondary N) is 1. The normalized spacial score (nSPS) is 19.7. The van der Waals surface area contributed by atoms with E-state index < -0.39 is 0 Å². The summed E-state index contributed by atoms with van der Waals surface area (Å²) in [5, 5.41) is 4.64. The Morgan fingerprint density at radius 1 is 1.36 bits per heavy atom. The number of amides is 1. The Kier molecular flexibility index (Phi) is 7.37. The third kappa shape index (κ3) is 5.27. The van der Waals surface area contributed by atoms with Gasteiger partial charge in [0, 0.05) is 18.2 Å². The first kappa shape index (κ1) is 21.1. The third-order valence-electron chi connectivity index (χ3n) is 5.11. The van der Waals surface area contributed by atoms with Crippen molar-refractivity contribution < 1.29 is 9.53 Å². The van der Waals surface area contributed by atoms with Gasteiger partial charge < -0.3 is 10.1 Å². The fraction of sp³-hybridized carbons (Fsp3) is 0.550. The average Bonchev–Trinajstić information content (AvgIpc) is 2.67. The molecule has 0 unspecified atom stereocenters. The summed E-state index contributed by atoms with van der Waals surface area (Å²) in [6.07, 6.45) is 4.37. The van der Waals surface area contributed by atoms with Crippen molar-refractivity contribution in [3.05, 3.63) is 33.6 Å². The average molecular weight is 424 g/mol. The van der Waals surface area contributed by atoms with Crippen LogP contribution in [0.4, 0.5) is 0 Å². The van der Waals surface area contributed by atoms with Gasteiger partial charge in [0.2, 0.25) is 5.91 Å². The molecule has 1 saturated carbocycles. The minimum atomic E-state index is -0.150. The second-order valence-corrected chi connectivity index (χ2v) is 8.70. The largest absolute Gasteiger partial charge is 0.383 e. The van der Waals surface area contributed by atoms with Crippen LogP contribution in [0, 0.1) is 5.92 Å². The van der Waals surface area contributed by atoms with E-state index in [4.69, 9.17) is 16.3 Å². The lowest BCUT2D eigenvalue weighted by molar-refractivity contribution is -0.119. The first-order valence-corrected chi connectivity index (χ1v) is 11.0. The predicted octanol–water partition coefficient (Wildman–Crippen LogP) is 3.48. The van der Waals surface area contributed by atoms with Crippen molar-refractivity contribution in [1.82, 2.24) is 14.9 Å². The molecule has 0 spiro atoms. The quantitative estimate of drug-likeness (QED) is 0.545. The maximum atomic E-state index is 12.9. The molecule has 0 atom stereocenters. The fourth-order valence-electron chi connectivity index (χ4n) is 3.47. The molecule has 1 fully saturated rings. The van der Waals surface area contributed by atoms with E-state index in [0.29, 0.717) is 34.2 Å². The van der Waals surface area contributed by atoms with Crippen LogP contribution < -0.4 is 10.9 Å². The lowest BCUT2D eigenvalue weighted by atomic mass is 9.87. The van der Waals surface area contributed by atoms with Crippen LogP contribution in [0.15, 0.2) is 28.2 Å². The van der Waals surface area contributed by atoms with E-state index in [2.05, 4.69) is 17.2 Å². The second-order valence-electron chi connectivity index (χ2n) is 7.32. The second kappa shape index (κ2) is 9.76. The summed E-state index contributed by atoms with van der Waals surface area (Å²) in [5.74, 6) is 0.937. The van der Waals surface area contributed by atoms with Crippen LogP contribution in [0.1, 0.15) is 32.6 Å². The molecule has 1 aromatic carbocycles. The topological polar surface area (TPSA) is 73.2 Å². The Morgan fingerprint density at radius 2 is 2.11 bits per heavy atom. The van der Waals surface area contributed by atoms with Crippen molar-refractivity contribution >= 4 is 40.2 Å². The minimum absolute atomic E-state index is 0.0247. The number of aromatic nitrogens is 2. The van der Waals surface area contributed by atoms with Gasteiger partial charge in [-0.3, -0.25) is 14.2 Å². The van der Waals surface area contributed by atoms with Crippen LogP contribution in [0.25, 0.3) is 10.9 Å². The van der Waals surface area contributed by atoms with Gasteiger partial charge in [0.25, 0.3) is 5.56 Å². The molecule has 6 nitrogen and oxygen atoms in total. The van der Waals surface area contributed by atoms with Gasteiger partial charge >= 0.3 is 0 Å². The maximum Gasteiger partial charge on any atom is 0.262 e. The smallest absolute Gasteiger partial charge is 0.262 e. The summed E-state index contributed by atoms with van der Waals surface area (Å²) in [7, 11) is 1.59.